The fraction of sp³-hybridized carbons (Fsp3) is 0.250. The van der Waals surface area contributed by atoms with Crippen LogP contribution in [0.4, 0.5) is 4.39 Å². The summed E-state index contributed by atoms with van der Waals surface area (Å²) in [5.74, 6) is 0.816. The van der Waals surface area contributed by atoms with Crippen molar-refractivity contribution in [3.8, 4) is 11.5 Å². The Morgan fingerprint density at radius 3 is 2.62 bits per heavy atom. The van der Waals surface area contributed by atoms with E-state index in [1.54, 1.807) is 19.2 Å². The second-order valence-corrected chi connectivity index (χ2v) is 4.98. The number of nitrogens with one attached hydrogen (secondary N) is 1. The molecule has 0 saturated heterocycles. The summed E-state index contributed by atoms with van der Waals surface area (Å²) < 4.78 is 24.7. The van der Waals surface area contributed by atoms with Gasteiger partial charge in [-0.15, -0.1) is 0 Å². The normalized spacial score (nSPS) is 10.5. The predicted octanol–water partition coefficient (Wildman–Crippen LogP) is 3.79. The molecule has 1 N–H and O–H groups in total. The molecule has 5 heteroatoms. The number of methoxy groups -OCH3 is 1. The molecule has 0 bridgehead atoms. The molecule has 0 saturated carbocycles. The van der Waals surface area contributed by atoms with Crippen LogP contribution in [0.3, 0.4) is 0 Å². The average Bonchev–Trinajstić information content (AvgIpc) is 2.47. The van der Waals surface area contributed by atoms with Crippen molar-refractivity contribution in [1.82, 2.24) is 5.32 Å². The molecule has 0 aliphatic heterocycles. The van der Waals surface area contributed by atoms with Gasteiger partial charge in [-0.1, -0.05) is 23.7 Å². The Hall–Kier alpha value is -1.78. The van der Waals surface area contributed by atoms with Crippen molar-refractivity contribution < 1.29 is 13.9 Å². The van der Waals surface area contributed by atoms with E-state index in [9.17, 15) is 4.39 Å². The van der Waals surface area contributed by atoms with Crippen molar-refractivity contribution in [2.45, 2.75) is 13.2 Å². The molecule has 0 aliphatic rings. The summed E-state index contributed by atoms with van der Waals surface area (Å²) in [5.41, 5.74) is 1.50. The van der Waals surface area contributed by atoms with Gasteiger partial charge in [0, 0.05) is 17.1 Å². The Morgan fingerprint density at radius 1 is 1.14 bits per heavy atom. The number of hydrogen-bond acceptors (Lipinski definition) is 3. The molecule has 0 aliphatic carbocycles. The van der Waals surface area contributed by atoms with Crippen molar-refractivity contribution >= 4 is 11.6 Å². The molecule has 0 atom stereocenters. The number of halogens is 2. The molecule has 112 valence electrons. The second-order valence-electron chi connectivity index (χ2n) is 4.54. The van der Waals surface area contributed by atoms with Gasteiger partial charge in [-0.25, -0.2) is 4.39 Å². The summed E-state index contributed by atoms with van der Waals surface area (Å²) in [7, 11) is 3.44. The molecule has 0 amide bonds. The van der Waals surface area contributed by atoms with E-state index in [1.807, 2.05) is 25.2 Å². The zero-order chi connectivity index (χ0) is 15.2. The van der Waals surface area contributed by atoms with Gasteiger partial charge < -0.3 is 14.8 Å². The van der Waals surface area contributed by atoms with Crippen molar-refractivity contribution in [3.63, 3.8) is 0 Å². The molecule has 21 heavy (non-hydrogen) atoms. The Bertz CT molecular complexity index is 619. The molecular formula is C16H17ClFNO2. The molecule has 2 aromatic rings. The van der Waals surface area contributed by atoms with Gasteiger partial charge >= 0.3 is 0 Å². The van der Waals surface area contributed by atoms with Crippen LogP contribution in [0, 0.1) is 5.82 Å². The molecule has 2 rings (SSSR count). The number of benzene rings is 2. The lowest BCUT2D eigenvalue weighted by molar-refractivity contribution is 0.279. The van der Waals surface area contributed by atoms with E-state index in [-0.39, 0.29) is 12.4 Å². The lowest BCUT2D eigenvalue weighted by Crippen LogP contribution is -2.06. The fourth-order valence-corrected chi connectivity index (χ4v) is 2.10. The van der Waals surface area contributed by atoms with Crippen LogP contribution in [-0.2, 0) is 13.2 Å². The molecular weight excluding hydrogens is 293 g/mol. The monoisotopic (exact) mass is 309 g/mol. The van der Waals surface area contributed by atoms with Crippen LogP contribution in [0.2, 0.25) is 5.02 Å². The Balaban J connectivity index is 2.16. The van der Waals surface area contributed by atoms with E-state index in [0.717, 1.165) is 12.1 Å². The van der Waals surface area contributed by atoms with Crippen molar-refractivity contribution in [2.24, 2.45) is 0 Å². The first-order chi connectivity index (χ1) is 10.1. The maximum Gasteiger partial charge on any atom is 0.161 e. The van der Waals surface area contributed by atoms with Crippen LogP contribution in [0.15, 0.2) is 36.4 Å². The van der Waals surface area contributed by atoms with Crippen molar-refractivity contribution in [3.05, 3.63) is 58.4 Å². The largest absolute Gasteiger partial charge is 0.493 e. The lowest BCUT2D eigenvalue weighted by Gasteiger charge is -2.13. The van der Waals surface area contributed by atoms with E-state index in [0.29, 0.717) is 22.1 Å². The highest BCUT2D eigenvalue weighted by Crippen LogP contribution is 2.29. The zero-order valence-electron chi connectivity index (χ0n) is 12.0. The number of rotatable bonds is 6. The Morgan fingerprint density at radius 2 is 1.95 bits per heavy atom. The summed E-state index contributed by atoms with van der Waals surface area (Å²) in [4.78, 5) is 0. The molecule has 0 spiro atoms. The lowest BCUT2D eigenvalue weighted by atomic mass is 10.2. The molecule has 0 aromatic heterocycles. The van der Waals surface area contributed by atoms with Gasteiger partial charge in [0.05, 0.1) is 7.11 Å². The van der Waals surface area contributed by atoms with Crippen LogP contribution < -0.4 is 14.8 Å². The second kappa shape index (κ2) is 7.29. The molecule has 2 aromatic carbocycles. The highest BCUT2D eigenvalue weighted by molar-refractivity contribution is 6.30. The van der Waals surface area contributed by atoms with Gasteiger partial charge in [-0.3, -0.25) is 0 Å². The van der Waals surface area contributed by atoms with Crippen molar-refractivity contribution in [2.75, 3.05) is 14.2 Å². The van der Waals surface area contributed by atoms with Crippen LogP contribution >= 0.6 is 11.6 Å². The first-order valence-corrected chi connectivity index (χ1v) is 6.90. The third-order valence-corrected chi connectivity index (χ3v) is 3.24. The summed E-state index contributed by atoms with van der Waals surface area (Å²) in [6.45, 7) is 0.831. The molecule has 0 radical (unpaired) electrons. The summed E-state index contributed by atoms with van der Waals surface area (Å²) in [5, 5.41) is 3.43. The third-order valence-electron chi connectivity index (χ3n) is 3.01. The van der Waals surface area contributed by atoms with E-state index < -0.39 is 0 Å². The molecule has 3 nitrogen and oxygen atoms in total. The van der Waals surface area contributed by atoms with Gasteiger partial charge in [0.2, 0.25) is 0 Å². The maximum atomic E-state index is 13.7. The Labute approximate surface area is 128 Å². The minimum atomic E-state index is -0.382. The fourth-order valence-electron chi connectivity index (χ4n) is 1.94. The van der Waals surface area contributed by atoms with E-state index in [4.69, 9.17) is 21.1 Å². The van der Waals surface area contributed by atoms with E-state index >= 15 is 0 Å². The molecule has 0 heterocycles. The highest BCUT2D eigenvalue weighted by atomic mass is 35.5. The maximum absolute atomic E-state index is 13.7. The average molecular weight is 310 g/mol. The van der Waals surface area contributed by atoms with Gasteiger partial charge in [0.1, 0.15) is 12.4 Å². The van der Waals surface area contributed by atoms with Crippen LogP contribution in [0.25, 0.3) is 0 Å². The summed E-state index contributed by atoms with van der Waals surface area (Å²) in [6, 6.07) is 10.2. The van der Waals surface area contributed by atoms with Gasteiger partial charge in [-0.05, 0) is 36.9 Å². The SMILES string of the molecule is CNCc1ccc(OC)c(OCc2ccc(Cl)cc2F)c1. The smallest absolute Gasteiger partial charge is 0.161 e. The minimum Gasteiger partial charge on any atom is -0.493 e. The van der Waals surface area contributed by atoms with Gasteiger partial charge in [0.15, 0.2) is 11.5 Å². The van der Waals surface area contributed by atoms with Crippen LogP contribution in [-0.4, -0.2) is 14.2 Å². The predicted molar refractivity (Wildman–Crippen MR) is 81.5 cm³/mol. The molecule has 0 unspecified atom stereocenters. The standard InChI is InChI=1S/C16H17ClFNO2/c1-19-9-11-3-6-15(20-2)16(7-11)21-10-12-4-5-13(17)8-14(12)18/h3-8,19H,9-10H2,1-2H3. The Kier molecular flexibility index (Phi) is 5.42. The number of hydrogen-bond donors (Lipinski definition) is 1. The summed E-state index contributed by atoms with van der Waals surface area (Å²) >= 11 is 5.73. The zero-order valence-corrected chi connectivity index (χ0v) is 12.7. The van der Waals surface area contributed by atoms with Crippen LogP contribution in [0.1, 0.15) is 11.1 Å². The van der Waals surface area contributed by atoms with E-state index in [1.165, 1.54) is 6.07 Å². The van der Waals surface area contributed by atoms with Crippen molar-refractivity contribution in [1.29, 1.82) is 0 Å². The highest BCUT2D eigenvalue weighted by Gasteiger charge is 2.08. The third kappa shape index (κ3) is 4.09. The molecule has 0 fully saturated rings. The first-order valence-electron chi connectivity index (χ1n) is 6.52. The van der Waals surface area contributed by atoms with Gasteiger partial charge in [-0.2, -0.15) is 0 Å². The van der Waals surface area contributed by atoms with Crippen LogP contribution in [0.5, 0.6) is 11.5 Å². The summed E-state index contributed by atoms with van der Waals surface area (Å²) in [6.07, 6.45) is 0. The first kappa shape index (κ1) is 15.6. The van der Waals surface area contributed by atoms with Gasteiger partial charge in [0.25, 0.3) is 0 Å². The van der Waals surface area contributed by atoms with E-state index in [2.05, 4.69) is 5.32 Å². The topological polar surface area (TPSA) is 30.5 Å². The minimum absolute atomic E-state index is 0.113. The quantitative estimate of drug-likeness (QED) is 0.880. The number of ether oxygens (including phenoxy) is 2.